The number of hydrogen-bond acceptors (Lipinski definition) is 5. The molecule has 0 heterocycles. The average Bonchev–Trinajstić information content (AvgIpc) is 2.46. The van der Waals surface area contributed by atoms with E-state index in [2.05, 4.69) is 0 Å². The Balaban J connectivity index is 3.39. The first-order valence-corrected chi connectivity index (χ1v) is 8.21. The van der Waals surface area contributed by atoms with Gasteiger partial charge in [-0.15, -0.1) is 0 Å². The minimum atomic E-state index is -3.89. The van der Waals surface area contributed by atoms with Gasteiger partial charge in [-0.25, -0.2) is 13.2 Å². The smallest absolute Gasteiger partial charge is 0.342 e. The van der Waals surface area contributed by atoms with Crippen molar-refractivity contribution in [3.8, 4) is 0 Å². The lowest BCUT2D eigenvalue weighted by molar-refractivity contribution is -0.385. The molecule has 0 aliphatic carbocycles. The molecule has 0 amide bonds. The largest absolute Gasteiger partial charge is 0.477 e. The fraction of sp³-hybridized carbons (Fsp3) is 0.462. The lowest BCUT2D eigenvalue weighted by Crippen LogP contribution is -2.32. The van der Waals surface area contributed by atoms with Gasteiger partial charge >= 0.3 is 5.97 Å². The van der Waals surface area contributed by atoms with E-state index in [0.717, 1.165) is 18.2 Å². The third-order valence-electron chi connectivity index (χ3n) is 2.98. The highest BCUT2D eigenvalue weighted by Gasteiger charge is 2.28. The average molecular weight is 330 g/mol. The first-order chi connectivity index (χ1) is 10.3. The van der Waals surface area contributed by atoms with Crippen molar-refractivity contribution in [3.63, 3.8) is 0 Å². The van der Waals surface area contributed by atoms with Crippen molar-refractivity contribution in [2.24, 2.45) is 0 Å². The standard InChI is InChI=1S/C13H18N2O6S/c1-3-7-14(8-4-2)22(20,21)10-5-6-11(13(16)17)12(9-10)15(18)19/h5-6,9H,3-4,7-8H2,1-2H3,(H,16,17). The second-order valence-corrected chi connectivity index (χ2v) is 6.58. The Labute approximate surface area is 128 Å². The number of benzene rings is 1. The van der Waals surface area contributed by atoms with Gasteiger partial charge in [0, 0.05) is 19.2 Å². The van der Waals surface area contributed by atoms with Crippen LogP contribution in [0.3, 0.4) is 0 Å². The lowest BCUT2D eigenvalue weighted by atomic mass is 10.2. The van der Waals surface area contributed by atoms with E-state index in [1.165, 1.54) is 4.31 Å². The maximum atomic E-state index is 12.5. The summed E-state index contributed by atoms with van der Waals surface area (Å²) in [6.45, 7) is 4.25. The van der Waals surface area contributed by atoms with Gasteiger partial charge in [0.25, 0.3) is 5.69 Å². The van der Waals surface area contributed by atoms with E-state index in [0.29, 0.717) is 25.9 Å². The zero-order chi connectivity index (χ0) is 16.9. The minimum Gasteiger partial charge on any atom is -0.477 e. The van der Waals surface area contributed by atoms with Gasteiger partial charge in [-0.05, 0) is 25.0 Å². The van der Waals surface area contributed by atoms with Gasteiger partial charge in [-0.1, -0.05) is 13.8 Å². The monoisotopic (exact) mass is 330 g/mol. The summed E-state index contributed by atoms with van der Waals surface area (Å²) < 4.78 is 26.3. The van der Waals surface area contributed by atoms with Crippen LogP contribution in [0.2, 0.25) is 0 Å². The molecule has 0 fully saturated rings. The Morgan fingerprint density at radius 3 is 2.23 bits per heavy atom. The molecule has 0 saturated carbocycles. The van der Waals surface area contributed by atoms with Crippen molar-refractivity contribution in [1.29, 1.82) is 0 Å². The maximum Gasteiger partial charge on any atom is 0.342 e. The van der Waals surface area contributed by atoms with E-state index in [4.69, 9.17) is 5.11 Å². The fourth-order valence-electron chi connectivity index (χ4n) is 2.00. The summed E-state index contributed by atoms with van der Waals surface area (Å²) in [6.07, 6.45) is 1.21. The zero-order valence-corrected chi connectivity index (χ0v) is 13.2. The number of hydrogen-bond donors (Lipinski definition) is 1. The first-order valence-electron chi connectivity index (χ1n) is 6.77. The van der Waals surface area contributed by atoms with Crippen molar-refractivity contribution in [2.45, 2.75) is 31.6 Å². The summed E-state index contributed by atoms with van der Waals surface area (Å²) >= 11 is 0. The summed E-state index contributed by atoms with van der Waals surface area (Å²) in [7, 11) is -3.89. The molecule has 0 unspecified atom stereocenters. The van der Waals surface area contributed by atoms with Crippen LogP contribution in [0.25, 0.3) is 0 Å². The van der Waals surface area contributed by atoms with E-state index in [-0.39, 0.29) is 4.90 Å². The van der Waals surface area contributed by atoms with Crippen molar-refractivity contribution >= 4 is 21.7 Å². The van der Waals surface area contributed by atoms with E-state index in [9.17, 15) is 23.3 Å². The molecule has 22 heavy (non-hydrogen) atoms. The molecule has 0 atom stereocenters. The highest BCUT2D eigenvalue weighted by molar-refractivity contribution is 7.89. The molecule has 0 aliphatic heterocycles. The van der Waals surface area contributed by atoms with Crippen LogP contribution in [0.4, 0.5) is 5.69 Å². The summed E-state index contributed by atoms with van der Waals surface area (Å²) in [5.74, 6) is -1.48. The molecule has 1 N–H and O–H groups in total. The number of nitro benzene ring substituents is 1. The number of aromatic carboxylic acids is 1. The minimum absolute atomic E-state index is 0.272. The number of nitro groups is 1. The Kier molecular flexibility index (Phi) is 6.01. The molecular formula is C13H18N2O6S. The van der Waals surface area contributed by atoms with Gasteiger partial charge in [-0.3, -0.25) is 10.1 Å². The summed E-state index contributed by atoms with van der Waals surface area (Å²) in [5, 5.41) is 19.9. The topological polar surface area (TPSA) is 118 Å². The normalized spacial score (nSPS) is 11.6. The molecule has 0 saturated heterocycles. The second-order valence-electron chi connectivity index (χ2n) is 4.65. The molecule has 8 nitrogen and oxygen atoms in total. The van der Waals surface area contributed by atoms with Crippen molar-refractivity contribution in [2.75, 3.05) is 13.1 Å². The molecular weight excluding hydrogens is 312 g/mol. The van der Waals surface area contributed by atoms with Crippen LogP contribution in [0.1, 0.15) is 37.0 Å². The van der Waals surface area contributed by atoms with E-state index in [1.807, 2.05) is 13.8 Å². The number of carbonyl (C=O) groups is 1. The number of rotatable bonds is 8. The van der Waals surface area contributed by atoms with Gasteiger partial charge in [0.05, 0.1) is 9.82 Å². The van der Waals surface area contributed by atoms with Crippen molar-refractivity contribution in [3.05, 3.63) is 33.9 Å². The SMILES string of the molecule is CCCN(CCC)S(=O)(=O)c1ccc(C(=O)O)c([N+](=O)[O-])c1. The zero-order valence-electron chi connectivity index (χ0n) is 12.4. The van der Waals surface area contributed by atoms with Crippen LogP contribution in [-0.4, -0.2) is 41.8 Å². The number of sulfonamides is 1. The lowest BCUT2D eigenvalue weighted by Gasteiger charge is -2.21. The molecule has 1 aromatic carbocycles. The molecule has 0 spiro atoms. The Morgan fingerprint density at radius 2 is 1.82 bits per heavy atom. The Hall–Kier alpha value is -2.00. The molecule has 1 aromatic rings. The molecule has 0 aromatic heterocycles. The van der Waals surface area contributed by atoms with Gasteiger partial charge < -0.3 is 5.11 Å². The van der Waals surface area contributed by atoms with Crippen LogP contribution < -0.4 is 0 Å². The van der Waals surface area contributed by atoms with Crippen LogP contribution >= 0.6 is 0 Å². The van der Waals surface area contributed by atoms with Crippen LogP contribution in [0.15, 0.2) is 23.1 Å². The quantitative estimate of drug-likeness (QED) is 0.576. The predicted molar refractivity (Wildman–Crippen MR) is 79.4 cm³/mol. The number of carboxylic acids is 1. The second kappa shape index (κ2) is 7.32. The summed E-state index contributed by atoms with van der Waals surface area (Å²) in [5.41, 5.74) is -1.27. The highest BCUT2D eigenvalue weighted by atomic mass is 32.2. The summed E-state index contributed by atoms with van der Waals surface area (Å²) in [4.78, 5) is 20.8. The van der Waals surface area contributed by atoms with E-state index in [1.54, 1.807) is 0 Å². The fourth-order valence-corrected chi connectivity index (χ4v) is 3.65. The molecule has 9 heteroatoms. The molecule has 0 aliphatic rings. The van der Waals surface area contributed by atoms with Crippen LogP contribution in [0, 0.1) is 10.1 Å². The van der Waals surface area contributed by atoms with Gasteiger partial charge in [0.1, 0.15) is 5.56 Å². The Morgan fingerprint density at radius 1 is 1.27 bits per heavy atom. The van der Waals surface area contributed by atoms with E-state index >= 15 is 0 Å². The molecule has 122 valence electrons. The number of nitrogens with zero attached hydrogens (tertiary/aromatic N) is 2. The van der Waals surface area contributed by atoms with Gasteiger partial charge in [0.15, 0.2) is 0 Å². The molecule has 0 bridgehead atoms. The van der Waals surface area contributed by atoms with Gasteiger partial charge in [0.2, 0.25) is 10.0 Å². The predicted octanol–water partition coefficient (Wildman–Crippen LogP) is 2.10. The summed E-state index contributed by atoms with van der Waals surface area (Å²) in [6, 6.07) is 2.84. The molecule has 0 radical (unpaired) electrons. The van der Waals surface area contributed by atoms with Crippen LogP contribution in [0.5, 0.6) is 0 Å². The third kappa shape index (κ3) is 3.80. The van der Waals surface area contributed by atoms with Crippen molar-refractivity contribution in [1.82, 2.24) is 4.31 Å². The third-order valence-corrected chi connectivity index (χ3v) is 4.87. The first kappa shape index (κ1) is 18.1. The van der Waals surface area contributed by atoms with E-state index < -0.39 is 32.2 Å². The van der Waals surface area contributed by atoms with Gasteiger partial charge in [-0.2, -0.15) is 4.31 Å². The number of carboxylic acid groups (broad SMARTS) is 1. The van der Waals surface area contributed by atoms with Crippen LogP contribution in [-0.2, 0) is 10.0 Å². The maximum absolute atomic E-state index is 12.5. The Bertz CT molecular complexity index is 665. The van der Waals surface area contributed by atoms with Crippen molar-refractivity contribution < 1.29 is 23.2 Å². The molecule has 1 rings (SSSR count). The highest BCUT2D eigenvalue weighted by Crippen LogP contribution is 2.25.